The molecule has 2 N–H and O–H groups in total. The van der Waals surface area contributed by atoms with Crippen LogP contribution < -0.4 is 0 Å². The fraction of sp³-hybridized carbons (Fsp3) is 0.458. The van der Waals surface area contributed by atoms with Gasteiger partial charge >= 0.3 is 0 Å². The van der Waals surface area contributed by atoms with Crippen LogP contribution in [0.15, 0.2) is 46.7 Å². The van der Waals surface area contributed by atoms with Crippen molar-refractivity contribution in [1.82, 2.24) is 5.16 Å². The summed E-state index contributed by atoms with van der Waals surface area (Å²) in [6.45, 7) is 10.4. The lowest BCUT2D eigenvalue weighted by Crippen LogP contribution is -2.17. The molecule has 0 aliphatic heterocycles. The molecule has 0 amide bonds. The molecule has 1 aromatic heterocycles. The third-order valence-electron chi connectivity index (χ3n) is 5.85. The molecule has 1 aliphatic rings. The summed E-state index contributed by atoms with van der Waals surface area (Å²) in [5.41, 5.74) is 4.46. The molecule has 1 aromatic carbocycles. The maximum atomic E-state index is 11.3. The number of aromatic nitrogens is 1. The van der Waals surface area contributed by atoms with Crippen molar-refractivity contribution in [3.63, 3.8) is 0 Å². The van der Waals surface area contributed by atoms with Gasteiger partial charge in [0.2, 0.25) is 0 Å². The Labute approximate surface area is 167 Å². The van der Waals surface area contributed by atoms with Crippen LogP contribution in [-0.2, 0) is 6.42 Å². The summed E-state index contributed by atoms with van der Waals surface area (Å²) in [6, 6.07) is 3.56. The minimum atomic E-state index is -0.0994. The van der Waals surface area contributed by atoms with E-state index in [1.165, 1.54) is 5.57 Å². The van der Waals surface area contributed by atoms with Crippen LogP contribution in [0.4, 0.5) is 0 Å². The Bertz CT molecular complexity index is 864. The number of aromatic hydroxyl groups is 2. The molecule has 0 fully saturated rings. The molecular weight excluding hydrogens is 350 g/mol. The van der Waals surface area contributed by atoms with E-state index in [-0.39, 0.29) is 23.3 Å². The number of phenols is 2. The SMILES string of the molecule is C=C(C)C1CCC(C)=CC1c1c(O)cc(CCCCC)c(-c2ccno2)c1O. The van der Waals surface area contributed by atoms with E-state index in [4.69, 9.17) is 4.52 Å². The largest absolute Gasteiger partial charge is 0.507 e. The Morgan fingerprint density at radius 1 is 1.32 bits per heavy atom. The number of allylic oxidation sites excluding steroid dienone is 3. The highest BCUT2D eigenvalue weighted by molar-refractivity contribution is 5.75. The van der Waals surface area contributed by atoms with E-state index in [9.17, 15) is 10.2 Å². The average molecular weight is 382 g/mol. The summed E-state index contributed by atoms with van der Waals surface area (Å²) in [6.07, 6.45) is 9.71. The first-order chi connectivity index (χ1) is 13.4. The van der Waals surface area contributed by atoms with E-state index in [0.29, 0.717) is 16.9 Å². The van der Waals surface area contributed by atoms with Crippen LogP contribution in [0, 0.1) is 5.92 Å². The average Bonchev–Trinajstić information content (AvgIpc) is 3.15. The number of hydrogen-bond donors (Lipinski definition) is 2. The van der Waals surface area contributed by atoms with Gasteiger partial charge in [-0.05, 0) is 57.1 Å². The first-order valence-electron chi connectivity index (χ1n) is 10.3. The molecule has 1 heterocycles. The summed E-state index contributed by atoms with van der Waals surface area (Å²) in [7, 11) is 0. The fourth-order valence-corrected chi connectivity index (χ4v) is 4.34. The molecule has 0 bridgehead atoms. The second kappa shape index (κ2) is 8.68. The van der Waals surface area contributed by atoms with Crippen molar-refractivity contribution < 1.29 is 14.7 Å². The molecule has 28 heavy (non-hydrogen) atoms. The summed E-state index contributed by atoms with van der Waals surface area (Å²) in [5.74, 6) is 0.875. The number of benzene rings is 1. The van der Waals surface area contributed by atoms with Crippen LogP contribution in [0.25, 0.3) is 11.3 Å². The maximum Gasteiger partial charge on any atom is 0.170 e. The van der Waals surface area contributed by atoms with E-state index in [0.717, 1.165) is 49.7 Å². The highest BCUT2D eigenvalue weighted by Gasteiger charge is 2.32. The van der Waals surface area contributed by atoms with Gasteiger partial charge in [0.1, 0.15) is 11.5 Å². The van der Waals surface area contributed by atoms with Crippen LogP contribution in [0.2, 0.25) is 0 Å². The normalized spacial score (nSPS) is 19.5. The van der Waals surface area contributed by atoms with Crippen molar-refractivity contribution >= 4 is 0 Å². The van der Waals surface area contributed by atoms with E-state index >= 15 is 0 Å². The lowest BCUT2D eigenvalue weighted by molar-refractivity contribution is 0.401. The predicted molar refractivity (Wildman–Crippen MR) is 113 cm³/mol. The molecule has 0 radical (unpaired) electrons. The van der Waals surface area contributed by atoms with Gasteiger partial charge in [-0.1, -0.05) is 48.7 Å². The lowest BCUT2D eigenvalue weighted by atomic mass is 9.73. The van der Waals surface area contributed by atoms with Gasteiger partial charge in [-0.15, -0.1) is 0 Å². The fourth-order valence-electron chi connectivity index (χ4n) is 4.34. The summed E-state index contributed by atoms with van der Waals surface area (Å²) >= 11 is 0. The summed E-state index contributed by atoms with van der Waals surface area (Å²) < 4.78 is 5.40. The minimum Gasteiger partial charge on any atom is -0.507 e. The number of nitrogens with zero attached hydrogens (tertiary/aromatic N) is 1. The highest BCUT2D eigenvalue weighted by atomic mass is 16.5. The van der Waals surface area contributed by atoms with Crippen molar-refractivity contribution in [3.05, 3.63) is 53.3 Å². The van der Waals surface area contributed by atoms with Crippen LogP contribution >= 0.6 is 0 Å². The zero-order valence-electron chi connectivity index (χ0n) is 17.2. The molecular formula is C24H31NO3. The van der Waals surface area contributed by atoms with Crippen molar-refractivity contribution in [3.8, 4) is 22.8 Å². The number of rotatable bonds is 7. The van der Waals surface area contributed by atoms with Gasteiger partial charge in [0.15, 0.2) is 5.76 Å². The second-order valence-electron chi connectivity index (χ2n) is 8.06. The van der Waals surface area contributed by atoms with Crippen LogP contribution in [0.5, 0.6) is 11.5 Å². The molecule has 0 saturated heterocycles. The minimum absolute atomic E-state index is 0.0994. The van der Waals surface area contributed by atoms with Gasteiger partial charge in [0.05, 0.1) is 11.8 Å². The first-order valence-corrected chi connectivity index (χ1v) is 10.3. The third-order valence-corrected chi connectivity index (χ3v) is 5.85. The second-order valence-corrected chi connectivity index (χ2v) is 8.06. The summed E-state index contributed by atoms with van der Waals surface area (Å²) in [5, 5.41) is 26.1. The van der Waals surface area contributed by atoms with Crippen LogP contribution in [-0.4, -0.2) is 15.4 Å². The van der Waals surface area contributed by atoms with Gasteiger partial charge in [-0.25, -0.2) is 0 Å². The van der Waals surface area contributed by atoms with Crippen molar-refractivity contribution in [2.75, 3.05) is 0 Å². The van der Waals surface area contributed by atoms with Crippen LogP contribution in [0.1, 0.15) is 69.9 Å². The zero-order valence-corrected chi connectivity index (χ0v) is 17.2. The Morgan fingerprint density at radius 2 is 2.11 bits per heavy atom. The first kappa shape index (κ1) is 20.2. The predicted octanol–water partition coefficient (Wildman–Crippen LogP) is 6.50. The molecule has 2 aromatic rings. The number of aryl methyl sites for hydroxylation is 1. The third kappa shape index (κ3) is 4.01. The Morgan fingerprint density at radius 3 is 2.75 bits per heavy atom. The monoisotopic (exact) mass is 381 g/mol. The maximum absolute atomic E-state index is 11.3. The molecule has 4 nitrogen and oxygen atoms in total. The number of phenolic OH excluding ortho intramolecular Hbond substituents is 2. The number of unbranched alkanes of at least 4 members (excludes halogenated alkanes) is 2. The van der Waals surface area contributed by atoms with E-state index in [1.54, 1.807) is 18.3 Å². The van der Waals surface area contributed by atoms with Gasteiger partial charge in [0.25, 0.3) is 0 Å². The van der Waals surface area contributed by atoms with Gasteiger partial charge in [-0.2, -0.15) is 0 Å². The highest BCUT2D eigenvalue weighted by Crippen LogP contribution is 2.50. The van der Waals surface area contributed by atoms with E-state index < -0.39 is 0 Å². The molecule has 0 spiro atoms. The molecule has 3 rings (SSSR count). The van der Waals surface area contributed by atoms with Gasteiger partial charge in [-0.3, -0.25) is 0 Å². The van der Waals surface area contributed by atoms with Crippen molar-refractivity contribution in [1.29, 1.82) is 0 Å². The number of hydrogen-bond acceptors (Lipinski definition) is 4. The Balaban J connectivity index is 2.15. The van der Waals surface area contributed by atoms with Gasteiger partial charge < -0.3 is 14.7 Å². The van der Waals surface area contributed by atoms with Crippen molar-refractivity contribution in [2.24, 2.45) is 5.92 Å². The topological polar surface area (TPSA) is 66.5 Å². The molecule has 2 atom stereocenters. The Hall–Kier alpha value is -2.49. The van der Waals surface area contributed by atoms with Gasteiger partial charge in [0, 0.05) is 17.5 Å². The van der Waals surface area contributed by atoms with E-state index in [2.05, 4.69) is 31.7 Å². The smallest absolute Gasteiger partial charge is 0.170 e. The molecule has 4 heteroatoms. The zero-order chi connectivity index (χ0) is 20.3. The molecule has 150 valence electrons. The molecule has 0 saturated carbocycles. The van der Waals surface area contributed by atoms with Crippen LogP contribution in [0.3, 0.4) is 0 Å². The van der Waals surface area contributed by atoms with Crippen molar-refractivity contribution in [2.45, 2.75) is 65.2 Å². The quantitative estimate of drug-likeness (QED) is 0.424. The van der Waals surface area contributed by atoms with E-state index in [1.807, 2.05) is 6.92 Å². The standard InChI is InChI=1S/C24H31NO3/c1-5-6-7-8-17-14-20(26)23(24(27)22(17)21-11-12-25-28-21)19-13-16(4)9-10-18(19)15(2)3/h11-14,18-19,26-27H,2,5-10H2,1,3-4H3. The summed E-state index contributed by atoms with van der Waals surface area (Å²) in [4.78, 5) is 0. The molecule has 1 aliphatic carbocycles. The molecule has 2 unspecified atom stereocenters. The Kier molecular flexibility index (Phi) is 6.28. The lowest BCUT2D eigenvalue weighted by Gasteiger charge is -2.32.